The highest BCUT2D eigenvalue weighted by Gasteiger charge is 2.19. The third kappa shape index (κ3) is 2.70. The van der Waals surface area contributed by atoms with Crippen molar-refractivity contribution < 1.29 is 9.26 Å². The van der Waals surface area contributed by atoms with Gasteiger partial charge in [0.05, 0.1) is 5.69 Å². The molecule has 2 aromatic rings. The molecular formula is C16H20N2O2. The summed E-state index contributed by atoms with van der Waals surface area (Å²) in [5.41, 5.74) is 3.67. The summed E-state index contributed by atoms with van der Waals surface area (Å²) in [6.07, 6.45) is 3.60. The number of benzene rings is 1. The molecule has 4 nitrogen and oxygen atoms in total. The van der Waals surface area contributed by atoms with Gasteiger partial charge in [0.2, 0.25) is 0 Å². The van der Waals surface area contributed by atoms with E-state index in [9.17, 15) is 0 Å². The van der Waals surface area contributed by atoms with Crippen molar-refractivity contribution in [2.45, 2.75) is 38.8 Å². The fourth-order valence-electron chi connectivity index (χ4n) is 2.81. The van der Waals surface area contributed by atoms with E-state index in [1.54, 1.807) is 0 Å². The zero-order valence-corrected chi connectivity index (χ0v) is 12.0. The van der Waals surface area contributed by atoms with E-state index >= 15 is 0 Å². The molecule has 0 spiro atoms. The van der Waals surface area contributed by atoms with Crippen LogP contribution in [0, 0.1) is 6.92 Å². The maximum absolute atomic E-state index is 5.80. The van der Waals surface area contributed by atoms with Crippen LogP contribution >= 0.6 is 0 Å². The van der Waals surface area contributed by atoms with Gasteiger partial charge in [-0.3, -0.25) is 0 Å². The maximum Gasteiger partial charge on any atom is 0.174 e. The second kappa shape index (κ2) is 5.67. The summed E-state index contributed by atoms with van der Waals surface area (Å²) in [5, 5.41) is 7.24. The van der Waals surface area contributed by atoms with Gasteiger partial charge in [-0.15, -0.1) is 0 Å². The predicted molar refractivity (Wildman–Crippen MR) is 76.8 cm³/mol. The Hall–Kier alpha value is -1.81. The van der Waals surface area contributed by atoms with E-state index in [1.165, 1.54) is 24.0 Å². The number of aryl methyl sites for hydroxylation is 2. The first kappa shape index (κ1) is 13.2. The number of rotatable bonds is 4. The summed E-state index contributed by atoms with van der Waals surface area (Å²) in [5.74, 6) is 1.64. The monoisotopic (exact) mass is 272 g/mol. The molecule has 1 aromatic carbocycles. The van der Waals surface area contributed by atoms with Gasteiger partial charge >= 0.3 is 0 Å². The maximum atomic E-state index is 5.80. The van der Waals surface area contributed by atoms with Crippen molar-refractivity contribution in [2.75, 3.05) is 7.05 Å². The van der Waals surface area contributed by atoms with Crippen LogP contribution in [-0.4, -0.2) is 12.2 Å². The number of hydrogen-bond donors (Lipinski definition) is 1. The number of nitrogens with one attached hydrogen (secondary N) is 1. The smallest absolute Gasteiger partial charge is 0.174 e. The van der Waals surface area contributed by atoms with E-state index in [0.717, 1.165) is 23.6 Å². The van der Waals surface area contributed by atoms with Gasteiger partial charge in [0.1, 0.15) is 12.4 Å². The van der Waals surface area contributed by atoms with Crippen LogP contribution in [0.1, 0.15) is 41.5 Å². The molecule has 0 fully saturated rings. The topological polar surface area (TPSA) is 47.3 Å². The summed E-state index contributed by atoms with van der Waals surface area (Å²) in [7, 11) is 2.02. The van der Waals surface area contributed by atoms with E-state index < -0.39 is 0 Å². The zero-order chi connectivity index (χ0) is 13.9. The van der Waals surface area contributed by atoms with Gasteiger partial charge < -0.3 is 14.6 Å². The largest absolute Gasteiger partial charge is 0.486 e. The molecule has 20 heavy (non-hydrogen) atoms. The van der Waals surface area contributed by atoms with Crippen molar-refractivity contribution in [3.63, 3.8) is 0 Å². The molecule has 0 amide bonds. The van der Waals surface area contributed by atoms with Crippen LogP contribution in [0.15, 0.2) is 28.8 Å². The molecule has 1 aromatic heterocycles. The van der Waals surface area contributed by atoms with Crippen molar-refractivity contribution >= 4 is 0 Å². The highest BCUT2D eigenvalue weighted by molar-refractivity contribution is 5.39. The van der Waals surface area contributed by atoms with E-state index in [-0.39, 0.29) is 0 Å². The molecular weight excluding hydrogens is 252 g/mol. The highest BCUT2D eigenvalue weighted by atomic mass is 16.5. The third-order valence-corrected chi connectivity index (χ3v) is 3.84. The lowest BCUT2D eigenvalue weighted by Crippen LogP contribution is -2.21. The minimum absolute atomic E-state index is 0.420. The van der Waals surface area contributed by atoms with E-state index in [1.807, 2.05) is 26.1 Å². The minimum atomic E-state index is 0.420. The number of fused-ring (bicyclic) bond motifs is 1. The van der Waals surface area contributed by atoms with Crippen LogP contribution in [0.2, 0.25) is 0 Å². The van der Waals surface area contributed by atoms with Crippen LogP contribution in [-0.2, 0) is 13.0 Å². The first-order valence-corrected chi connectivity index (χ1v) is 7.11. The Balaban J connectivity index is 1.74. The van der Waals surface area contributed by atoms with Crippen molar-refractivity contribution in [3.8, 4) is 5.75 Å². The average Bonchev–Trinajstić information content (AvgIpc) is 2.90. The van der Waals surface area contributed by atoms with Gasteiger partial charge in [-0.25, -0.2) is 0 Å². The second-order valence-corrected chi connectivity index (χ2v) is 5.32. The molecule has 3 rings (SSSR count). The minimum Gasteiger partial charge on any atom is -0.486 e. The van der Waals surface area contributed by atoms with Gasteiger partial charge in [-0.2, -0.15) is 0 Å². The summed E-state index contributed by atoms with van der Waals surface area (Å²) in [6, 6.07) is 8.71. The van der Waals surface area contributed by atoms with Crippen molar-refractivity contribution in [2.24, 2.45) is 0 Å². The lowest BCUT2D eigenvalue weighted by Gasteiger charge is -2.25. The van der Waals surface area contributed by atoms with E-state index in [2.05, 4.69) is 22.6 Å². The van der Waals surface area contributed by atoms with Crippen molar-refractivity contribution in [1.82, 2.24) is 10.5 Å². The number of ether oxygens (including phenoxy) is 1. The fourth-order valence-corrected chi connectivity index (χ4v) is 2.81. The number of hydrogen-bond acceptors (Lipinski definition) is 4. The Morgan fingerprint density at radius 2 is 2.30 bits per heavy atom. The van der Waals surface area contributed by atoms with Gasteiger partial charge in [-0.1, -0.05) is 11.2 Å². The van der Waals surface area contributed by atoms with E-state index in [0.29, 0.717) is 12.6 Å². The Kier molecular flexibility index (Phi) is 3.74. The van der Waals surface area contributed by atoms with Crippen molar-refractivity contribution in [3.05, 3.63) is 46.8 Å². The molecule has 106 valence electrons. The Bertz CT molecular complexity index is 592. The fraction of sp³-hybridized carbons (Fsp3) is 0.438. The first-order chi connectivity index (χ1) is 9.76. The molecule has 0 saturated carbocycles. The SMILES string of the molecule is CNC1CCCc2ccc(OCc3cc(C)no3)cc21. The lowest BCUT2D eigenvalue weighted by molar-refractivity contribution is 0.248. The zero-order valence-electron chi connectivity index (χ0n) is 12.0. The molecule has 1 aliphatic rings. The van der Waals surface area contributed by atoms with Crippen molar-refractivity contribution in [1.29, 1.82) is 0 Å². The molecule has 1 atom stereocenters. The molecule has 0 radical (unpaired) electrons. The number of nitrogens with zero attached hydrogens (tertiary/aromatic N) is 1. The molecule has 1 aliphatic carbocycles. The molecule has 0 aliphatic heterocycles. The first-order valence-electron chi connectivity index (χ1n) is 7.11. The number of aromatic nitrogens is 1. The van der Waals surface area contributed by atoms with Crippen LogP contribution in [0.25, 0.3) is 0 Å². The highest BCUT2D eigenvalue weighted by Crippen LogP contribution is 2.32. The molecule has 0 saturated heterocycles. The quantitative estimate of drug-likeness (QED) is 0.928. The molecule has 1 N–H and O–H groups in total. The van der Waals surface area contributed by atoms with Crippen LogP contribution in [0.4, 0.5) is 0 Å². The third-order valence-electron chi connectivity index (χ3n) is 3.84. The van der Waals surface area contributed by atoms with Crippen LogP contribution in [0.5, 0.6) is 5.75 Å². The average molecular weight is 272 g/mol. The summed E-state index contributed by atoms with van der Waals surface area (Å²) in [4.78, 5) is 0. The van der Waals surface area contributed by atoms with Gasteiger partial charge in [-0.05, 0) is 56.5 Å². The molecule has 1 unspecified atom stereocenters. The Morgan fingerprint density at radius 1 is 1.40 bits per heavy atom. The van der Waals surface area contributed by atoms with Crippen LogP contribution < -0.4 is 10.1 Å². The standard InChI is InChI=1S/C16H20N2O2/c1-11-8-14(20-18-11)10-19-13-7-6-12-4-3-5-16(17-2)15(12)9-13/h6-9,16-17H,3-5,10H2,1-2H3. The van der Waals surface area contributed by atoms with E-state index in [4.69, 9.17) is 9.26 Å². The Morgan fingerprint density at radius 3 is 3.05 bits per heavy atom. The molecule has 0 bridgehead atoms. The molecule has 1 heterocycles. The summed E-state index contributed by atoms with van der Waals surface area (Å²) in [6.45, 7) is 2.33. The van der Waals surface area contributed by atoms with Gasteiger partial charge in [0.15, 0.2) is 5.76 Å². The Labute approximate surface area is 119 Å². The van der Waals surface area contributed by atoms with Gasteiger partial charge in [0, 0.05) is 12.1 Å². The summed E-state index contributed by atoms with van der Waals surface area (Å²) < 4.78 is 11.0. The molecule has 4 heteroatoms. The normalized spacial score (nSPS) is 17.8. The van der Waals surface area contributed by atoms with Gasteiger partial charge in [0.25, 0.3) is 0 Å². The van der Waals surface area contributed by atoms with Crippen LogP contribution in [0.3, 0.4) is 0 Å². The predicted octanol–water partition coefficient (Wildman–Crippen LogP) is 3.16. The lowest BCUT2D eigenvalue weighted by atomic mass is 9.87. The summed E-state index contributed by atoms with van der Waals surface area (Å²) >= 11 is 0. The second-order valence-electron chi connectivity index (χ2n) is 5.32.